The molecule has 20 heavy (non-hydrogen) atoms. The number of nitrogens with zero attached hydrogens (tertiary/aromatic N) is 1. The average molecular weight is 338 g/mol. The van der Waals surface area contributed by atoms with E-state index in [9.17, 15) is 0 Å². The second-order valence-corrected chi connectivity index (χ2v) is 5.45. The zero-order chi connectivity index (χ0) is 13.0. The summed E-state index contributed by atoms with van der Waals surface area (Å²) in [4.78, 5) is 2.52. The SMILES string of the molecule is C=C(C)C[C@H](c1cccc(Cl)c1)N1CCNCC1.Cl.Cl. The van der Waals surface area contributed by atoms with Gasteiger partial charge in [0.1, 0.15) is 0 Å². The lowest BCUT2D eigenvalue weighted by atomic mass is 9.98. The Morgan fingerprint density at radius 2 is 2.00 bits per heavy atom. The van der Waals surface area contributed by atoms with Crippen molar-refractivity contribution < 1.29 is 0 Å². The molecule has 1 saturated heterocycles. The molecule has 1 atom stereocenters. The third-order valence-corrected chi connectivity index (χ3v) is 3.60. The zero-order valence-electron chi connectivity index (χ0n) is 11.8. The highest BCUT2D eigenvalue weighted by molar-refractivity contribution is 6.30. The molecule has 0 spiro atoms. The maximum Gasteiger partial charge on any atom is 0.0409 e. The molecule has 0 aromatic heterocycles. The number of rotatable bonds is 4. The van der Waals surface area contributed by atoms with Crippen molar-refractivity contribution in [2.75, 3.05) is 26.2 Å². The van der Waals surface area contributed by atoms with Gasteiger partial charge in [0.05, 0.1) is 0 Å². The predicted octanol–water partition coefficient (Wildman–Crippen LogP) is 4.10. The lowest BCUT2D eigenvalue weighted by molar-refractivity contribution is 0.172. The van der Waals surface area contributed by atoms with E-state index in [0.29, 0.717) is 6.04 Å². The highest BCUT2D eigenvalue weighted by Crippen LogP contribution is 2.29. The highest BCUT2D eigenvalue weighted by atomic mass is 35.5. The average Bonchev–Trinajstić information content (AvgIpc) is 2.37. The van der Waals surface area contributed by atoms with Crippen LogP contribution in [-0.4, -0.2) is 31.1 Å². The third kappa shape index (κ3) is 5.63. The highest BCUT2D eigenvalue weighted by Gasteiger charge is 2.22. The van der Waals surface area contributed by atoms with E-state index < -0.39 is 0 Å². The van der Waals surface area contributed by atoms with E-state index >= 15 is 0 Å². The van der Waals surface area contributed by atoms with Crippen molar-refractivity contribution >= 4 is 36.4 Å². The van der Waals surface area contributed by atoms with Gasteiger partial charge in [-0.3, -0.25) is 4.90 Å². The van der Waals surface area contributed by atoms with E-state index in [-0.39, 0.29) is 24.8 Å². The van der Waals surface area contributed by atoms with Crippen LogP contribution in [0.25, 0.3) is 0 Å². The topological polar surface area (TPSA) is 15.3 Å². The predicted molar refractivity (Wildman–Crippen MR) is 92.6 cm³/mol. The minimum Gasteiger partial charge on any atom is -0.314 e. The fraction of sp³-hybridized carbons (Fsp3) is 0.467. The molecule has 1 aromatic carbocycles. The minimum atomic E-state index is 0. The Balaban J connectivity index is 0.00000180. The molecule has 0 bridgehead atoms. The Hall–Kier alpha value is -0.250. The first-order valence-corrected chi connectivity index (χ1v) is 6.89. The molecule has 1 N–H and O–H groups in total. The second-order valence-electron chi connectivity index (χ2n) is 5.02. The zero-order valence-corrected chi connectivity index (χ0v) is 14.2. The quantitative estimate of drug-likeness (QED) is 0.832. The summed E-state index contributed by atoms with van der Waals surface area (Å²) in [6.45, 7) is 10.5. The third-order valence-electron chi connectivity index (χ3n) is 3.37. The Morgan fingerprint density at radius 1 is 1.35 bits per heavy atom. The minimum absolute atomic E-state index is 0. The number of halogens is 3. The van der Waals surface area contributed by atoms with Crippen molar-refractivity contribution in [2.45, 2.75) is 19.4 Å². The van der Waals surface area contributed by atoms with Gasteiger partial charge in [0, 0.05) is 37.2 Å². The molecule has 0 aliphatic carbocycles. The first-order chi connectivity index (χ1) is 8.66. The molecule has 1 aliphatic rings. The van der Waals surface area contributed by atoms with Crippen molar-refractivity contribution in [3.8, 4) is 0 Å². The van der Waals surface area contributed by atoms with Crippen LogP contribution in [0.4, 0.5) is 0 Å². The molecule has 0 saturated carbocycles. The fourth-order valence-corrected chi connectivity index (χ4v) is 2.69. The first-order valence-electron chi connectivity index (χ1n) is 6.51. The molecule has 114 valence electrons. The van der Waals surface area contributed by atoms with Crippen LogP contribution in [0.2, 0.25) is 5.02 Å². The van der Waals surface area contributed by atoms with Gasteiger partial charge >= 0.3 is 0 Å². The van der Waals surface area contributed by atoms with Gasteiger partial charge in [0.15, 0.2) is 0 Å². The normalized spacial score (nSPS) is 16.7. The van der Waals surface area contributed by atoms with Gasteiger partial charge in [-0.15, -0.1) is 31.4 Å². The first kappa shape index (κ1) is 19.8. The van der Waals surface area contributed by atoms with Crippen molar-refractivity contribution in [3.63, 3.8) is 0 Å². The molecule has 5 heteroatoms. The Kier molecular flexibility index (Phi) is 9.52. The summed E-state index contributed by atoms with van der Waals surface area (Å²) in [5, 5.41) is 4.21. The molecule has 2 rings (SSSR count). The summed E-state index contributed by atoms with van der Waals surface area (Å²) in [5.41, 5.74) is 2.52. The summed E-state index contributed by atoms with van der Waals surface area (Å²) in [5.74, 6) is 0. The Labute approximate surface area is 139 Å². The van der Waals surface area contributed by atoms with Crippen LogP contribution in [0.15, 0.2) is 36.4 Å². The van der Waals surface area contributed by atoms with E-state index in [1.54, 1.807) is 0 Å². The number of benzene rings is 1. The second kappa shape index (κ2) is 9.64. The van der Waals surface area contributed by atoms with Gasteiger partial charge in [-0.2, -0.15) is 0 Å². The van der Waals surface area contributed by atoms with Crippen LogP contribution in [-0.2, 0) is 0 Å². The van der Waals surface area contributed by atoms with Crippen LogP contribution >= 0.6 is 36.4 Å². The van der Waals surface area contributed by atoms with Crippen molar-refractivity contribution in [1.82, 2.24) is 10.2 Å². The molecule has 1 fully saturated rings. The fourth-order valence-electron chi connectivity index (χ4n) is 2.50. The molecule has 1 aliphatic heterocycles. The van der Waals surface area contributed by atoms with E-state index in [0.717, 1.165) is 37.6 Å². The molecule has 0 amide bonds. The number of piperazine rings is 1. The molecule has 1 heterocycles. The smallest absolute Gasteiger partial charge is 0.0409 e. The monoisotopic (exact) mass is 336 g/mol. The van der Waals surface area contributed by atoms with Crippen LogP contribution in [0.1, 0.15) is 24.9 Å². The van der Waals surface area contributed by atoms with Crippen molar-refractivity contribution in [3.05, 3.63) is 47.0 Å². The Bertz CT molecular complexity index is 417. The maximum atomic E-state index is 6.11. The maximum absolute atomic E-state index is 6.11. The lowest BCUT2D eigenvalue weighted by Gasteiger charge is -2.35. The van der Waals surface area contributed by atoms with Gasteiger partial charge in [0.25, 0.3) is 0 Å². The van der Waals surface area contributed by atoms with Gasteiger partial charge < -0.3 is 5.32 Å². The molecule has 2 nitrogen and oxygen atoms in total. The molecule has 1 aromatic rings. The van der Waals surface area contributed by atoms with E-state index in [1.807, 2.05) is 12.1 Å². The van der Waals surface area contributed by atoms with Crippen LogP contribution in [0.3, 0.4) is 0 Å². The van der Waals surface area contributed by atoms with Gasteiger partial charge in [-0.05, 0) is 31.0 Å². The van der Waals surface area contributed by atoms with Crippen molar-refractivity contribution in [2.24, 2.45) is 0 Å². The summed E-state index contributed by atoms with van der Waals surface area (Å²) in [7, 11) is 0. The number of hydrogen-bond donors (Lipinski definition) is 1. The number of nitrogens with one attached hydrogen (secondary N) is 1. The molecular formula is C15H23Cl3N2. The summed E-state index contributed by atoms with van der Waals surface area (Å²) in [6.07, 6.45) is 1.00. The molecular weight excluding hydrogens is 315 g/mol. The summed E-state index contributed by atoms with van der Waals surface area (Å²) < 4.78 is 0. The Morgan fingerprint density at radius 3 is 2.55 bits per heavy atom. The van der Waals surface area contributed by atoms with E-state index in [4.69, 9.17) is 11.6 Å². The standard InChI is InChI=1S/C15H21ClN2.2ClH/c1-12(2)10-15(18-8-6-17-7-9-18)13-4-3-5-14(16)11-13;;/h3-5,11,15,17H,1,6-10H2,2H3;2*1H/t15-;;/m1../s1. The van der Waals surface area contributed by atoms with Crippen molar-refractivity contribution in [1.29, 1.82) is 0 Å². The van der Waals surface area contributed by atoms with Gasteiger partial charge in [0.2, 0.25) is 0 Å². The number of hydrogen-bond acceptors (Lipinski definition) is 2. The summed E-state index contributed by atoms with van der Waals surface area (Å²) >= 11 is 6.11. The van der Waals surface area contributed by atoms with Gasteiger partial charge in [-0.1, -0.05) is 29.3 Å². The van der Waals surface area contributed by atoms with E-state index in [2.05, 4.69) is 35.9 Å². The molecule has 0 radical (unpaired) electrons. The van der Waals surface area contributed by atoms with Crippen LogP contribution in [0, 0.1) is 0 Å². The van der Waals surface area contributed by atoms with Crippen LogP contribution < -0.4 is 5.32 Å². The van der Waals surface area contributed by atoms with Gasteiger partial charge in [-0.25, -0.2) is 0 Å². The lowest BCUT2D eigenvalue weighted by Crippen LogP contribution is -2.45. The van der Waals surface area contributed by atoms with Crippen LogP contribution in [0.5, 0.6) is 0 Å². The summed E-state index contributed by atoms with van der Waals surface area (Å²) in [6, 6.07) is 8.62. The van der Waals surface area contributed by atoms with E-state index in [1.165, 1.54) is 11.1 Å². The largest absolute Gasteiger partial charge is 0.314 e. The molecule has 0 unspecified atom stereocenters.